The lowest BCUT2D eigenvalue weighted by atomic mass is 10.1. The number of benzene rings is 2. The Balaban J connectivity index is 2.02. The van der Waals surface area contributed by atoms with Crippen LogP contribution in [0.15, 0.2) is 42.5 Å². The molecule has 0 aromatic heterocycles. The topological polar surface area (TPSA) is 97.9 Å². The van der Waals surface area contributed by atoms with E-state index in [1.807, 2.05) is 0 Å². The molecule has 0 aliphatic heterocycles. The van der Waals surface area contributed by atoms with Crippen molar-refractivity contribution in [3.63, 3.8) is 0 Å². The number of rotatable bonds is 9. The van der Waals surface area contributed by atoms with Crippen molar-refractivity contribution in [2.75, 3.05) is 26.1 Å². The largest absolute Gasteiger partial charge is 0.497 e. The van der Waals surface area contributed by atoms with E-state index in [0.717, 1.165) is 0 Å². The summed E-state index contributed by atoms with van der Waals surface area (Å²) in [6.45, 7) is 2.01. The molecule has 0 aliphatic carbocycles. The zero-order valence-electron chi connectivity index (χ0n) is 18.6. The quantitative estimate of drug-likeness (QED) is 0.185. The Morgan fingerprint density at radius 1 is 1.03 bits per heavy atom. The molecule has 184 valence electrons. The molecule has 0 spiro atoms. The zero-order chi connectivity index (χ0) is 25.3. The smallest absolute Gasteiger partial charge is 0.338 e. The number of ether oxygens (including phenoxy) is 3. The van der Waals surface area contributed by atoms with Crippen LogP contribution in [0.4, 0.5) is 5.69 Å². The molecule has 2 aromatic rings. The van der Waals surface area contributed by atoms with Crippen LogP contribution in [0.1, 0.15) is 22.8 Å². The highest BCUT2D eigenvalue weighted by molar-refractivity contribution is 7.80. The first kappa shape index (κ1) is 27.8. The van der Waals surface area contributed by atoms with E-state index in [9.17, 15) is 9.59 Å². The summed E-state index contributed by atoms with van der Waals surface area (Å²) < 4.78 is 13.5. The number of amides is 1. The minimum absolute atomic E-state index is 0.0401. The van der Waals surface area contributed by atoms with Crippen LogP contribution < -0.4 is 25.4 Å². The summed E-state index contributed by atoms with van der Waals surface area (Å²) in [6, 6.07) is 11.5. The molecule has 2 rings (SSSR count). The van der Waals surface area contributed by atoms with Crippen molar-refractivity contribution >= 4 is 69.7 Å². The molecule has 2 aromatic carbocycles. The van der Waals surface area contributed by atoms with Gasteiger partial charge in [-0.1, -0.05) is 40.9 Å². The Morgan fingerprint density at radius 2 is 1.71 bits per heavy atom. The van der Waals surface area contributed by atoms with Crippen molar-refractivity contribution < 1.29 is 23.8 Å². The maximum absolute atomic E-state index is 12.7. The van der Waals surface area contributed by atoms with Crippen LogP contribution in [-0.4, -0.2) is 47.8 Å². The van der Waals surface area contributed by atoms with Crippen molar-refractivity contribution in [3.8, 4) is 11.5 Å². The average Bonchev–Trinajstić information content (AvgIpc) is 2.78. The van der Waals surface area contributed by atoms with E-state index >= 15 is 0 Å². The molecule has 0 fully saturated rings. The van der Waals surface area contributed by atoms with Gasteiger partial charge >= 0.3 is 5.97 Å². The van der Waals surface area contributed by atoms with E-state index in [2.05, 4.69) is 16.0 Å². The predicted octanol–water partition coefficient (Wildman–Crippen LogP) is 4.22. The summed E-state index contributed by atoms with van der Waals surface area (Å²) >= 11 is 23.4. The van der Waals surface area contributed by atoms with Crippen molar-refractivity contribution in [2.24, 2.45) is 0 Å². The molecular weight excluding hydrogens is 525 g/mol. The minimum atomic E-state index is -1.92. The zero-order valence-corrected chi connectivity index (χ0v) is 21.7. The van der Waals surface area contributed by atoms with Crippen LogP contribution in [0.2, 0.25) is 0 Å². The van der Waals surface area contributed by atoms with Crippen LogP contribution in [-0.2, 0) is 16.0 Å². The first-order valence-electron chi connectivity index (χ1n) is 9.99. The maximum atomic E-state index is 12.7. The normalized spacial score (nSPS) is 11.7. The lowest BCUT2D eigenvalue weighted by Crippen LogP contribution is -2.56. The second-order valence-electron chi connectivity index (χ2n) is 6.79. The second kappa shape index (κ2) is 12.9. The summed E-state index contributed by atoms with van der Waals surface area (Å²) in [5.74, 6) is 0.209. The number of hydrogen-bond donors (Lipinski definition) is 3. The molecule has 0 radical (unpaired) electrons. The molecule has 1 amide bonds. The molecule has 3 N–H and O–H groups in total. The highest BCUT2D eigenvalue weighted by Crippen LogP contribution is 2.30. The van der Waals surface area contributed by atoms with Gasteiger partial charge in [0.15, 0.2) is 5.11 Å². The average molecular weight is 549 g/mol. The van der Waals surface area contributed by atoms with Crippen molar-refractivity contribution in [3.05, 3.63) is 53.6 Å². The van der Waals surface area contributed by atoms with E-state index in [1.54, 1.807) is 49.4 Å². The second-order valence-corrected chi connectivity index (χ2v) is 9.57. The standard InChI is InChI=1S/C22H24Cl3N3O5S/c1-4-33-19(30)13-5-8-15(9-6-13)26-21(34)28-20(22(23,24)25)27-18(29)11-14-7-10-16(31-2)12-17(14)32-3/h5-10,12,20H,4,11H2,1-3H3,(H,27,29)(H2,26,28,34). The third kappa shape index (κ3) is 8.39. The fourth-order valence-electron chi connectivity index (χ4n) is 2.78. The molecule has 0 heterocycles. The molecule has 34 heavy (non-hydrogen) atoms. The molecule has 0 saturated heterocycles. The van der Waals surface area contributed by atoms with Gasteiger partial charge in [0, 0.05) is 17.3 Å². The third-order valence-corrected chi connectivity index (χ3v) is 5.28. The van der Waals surface area contributed by atoms with Gasteiger partial charge in [0.2, 0.25) is 9.70 Å². The summed E-state index contributed by atoms with van der Waals surface area (Å²) in [5, 5.41) is 8.38. The summed E-state index contributed by atoms with van der Waals surface area (Å²) in [5.41, 5.74) is 1.58. The third-order valence-electron chi connectivity index (χ3n) is 4.41. The van der Waals surface area contributed by atoms with Gasteiger partial charge in [-0.05, 0) is 49.5 Å². The molecule has 0 saturated carbocycles. The highest BCUT2D eigenvalue weighted by Gasteiger charge is 2.34. The van der Waals surface area contributed by atoms with E-state index in [4.69, 9.17) is 61.2 Å². The highest BCUT2D eigenvalue weighted by atomic mass is 35.6. The Labute approximate surface area is 218 Å². The van der Waals surface area contributed by atoms with Crippen LogP contribution >= 0.6 is 47.0 Å². The van der Waals surface area contributed by atoms with Gasteiger partial charge < -0.3 is 30.2 Å². The van der Waals surface area contributed by atoms with Crippen LogP contribution in [0.25, 0.3) is 0 Å². The number of carbonyl (C=O) groups excluding carboxylic acids is 2. The number of alkyl halides is 3. The first-order chi connectivity index (χ1) is 16.1. The number of carbonyl (C=O) groups is 2. The van der Waals surface area contributed by atoms with Crippen molar-refractivity contribution in [1.29, 1.82) is 0 Å². The Hall–Kier alpha value is -2.46. The number of methoxy groups -OCH3 is 2. The van der Waals surface area contributed by atoms with Crippen LogP contribution in [0, 0.1) is 0 Å². The van der Waals surface area contributed by atoms with Crippen LogP contribution in [0.5, 0.6) is 11.5 Å². The lowest BCUT2D eigenvalue weighted by molar-refractivity contribution is -0.121. The molecular formula is C22H24Cl3N3O5S. The molecule has 1 unspecified atom stereocenters. The summed E-state index contributed by atoms with van der Waals surface area (Å²) in [7, 11) is 3.02. The molecule has 0 aliphatic rings. The fourth-order valence-corrected chi connectivity index (χ4v) is 3.35. The summed E-state index contributed by atoms with van der Waals surface area (Å²) in [6.07, 6.45) is -1.19. The van der Waals surface area contributed by atoms with Gasteiger partial charge in [0.25, 0.3) is 0 Å². The Kier molecular flexibility index (Phi) is 10.5. The number of esters is 1. The molecule has 0 bridgehead atoms. The maximum Gasteiger partial charge on any atom is 0.338 e. The van der Waals surface area contributed by atoms with Gasteiger partial charge in [-0.15, -0.1) is 0 Å². The molecule has 12 heteroatoms. The monoisotopic (exact) mass is 547 g/mol. The fraction of sp³-hybridized carbons (Fsp3) is 0.318. The number of hydrogen-bond acceptors (Lipinski definition) is 6. The Morgan fingerprint density at radius 3 is 2.26 bits per heavy atom. The number of halogens is 3. The Bertz CT molecular complexity index is 1020. The van der Waals surface area contributed by atoms with Gasteiger partial charge in [0.1, 0.15) is 17.7 Å². The molecule has 8 nitrogen and oxygen atoms in total. The minimum Gasteiger partial charge on any atom is -0.497 e. The van der Waals surface area contributed by atoms with Gasteiger partial charge in [0.05, 0.1) is 32.8 Å². The number of anilines is 1. The first-order valence-corrected chi connectivity index (χ1v) is 11.5. The van der Waals surface area contributed by atoms with E-state index in [1.165, 1.54) is 14.2 Å². The number of nitrogens with one attached hydrogen (secondary N) is 3. The molecule has 1 atom stereocenters. The lowest BCUT2D eigenvalue weighted by Gasteiger charge is -2.28. The number of thiocarbonyl (C=S) groups is 1. The van der Waals surface area contributed by atoms with E-state index in [0.29, 0.717) is 28.3 Å². The predicted molar refractivity (Wildman–Crippen MR) is 137 cm³/mol. The van der Waals surface area contributed by atoms with Crippen LogP contribution in [0.3, 0.4) is 0 Å². The van der Waals surface area contributed by atoms with Gasteiger partial charge in [-0.3, -0.25) is 4.79 Å². The van der Waals surface area contributed by atoms with E-state index in [-0.39, 0.29) is 18.1 Å². The van der Waals surface area contributed by atoms with Crippen molar-refractivity contribution in [1.82, 2.24) is 10.6 Å². The van der Waals surface area contributed by atoms with Gasteiger partial charge in [-0.25, -0.2) is 4.79 Å². The SMILES string of the molecule is CCOC(=O)c1ccc(NC(=S)NC(NC(=O)Cc2ccc(OC)cc2OC)C(Cl)(Cl)Cl)cc1. The summed E-state index contributed by atoms with van der Waals surface area (Å²) in [4.78, 5) is 24.4. The van der Waals surface area contributed by atoms with Crippen molar-refractivity contribution in [2.45, 2.75) is 23.3 Å². The van der Waals surface area contributed by atoms with E-state index < -0.39 is 21.8 Å². The van der Waals surface area contributed by atoms with Gasteiger partial charge in [-0.2, -0.15) is 0 Å².